The minimum atomic E-state index is -0.979. The topological polar surface area (TPSA) is 75.7 Å². The Kier molecular flexibility index (Phi) is 3.95. The summed E-state index contributed by atoms with van der Waals surface area (Å²) in [5.41, 5.74) is 5.23. The molecule has 0 aliphatic carbocycles. The summed E-state index contributed by atoms with van der Waals surface area (Å²) in [6.07, 6.45) is 3.24. The molecule has 0 saturated carbocycles. The Hall–Kier alpha value is -1.32. The lowest BCUT2D eigenvalue weighted by atomic mass is 10.5. The van der Waals surface area contributed by atoms with Gasteiger partial charge in [0.05, 0.1) is 0 Å². The normalized spacial score (nSPS) is 12.3. The average Bonchev–Trinajstić information content (AvgIpc) is 1.85. The van der Waals surface area contributed by atoms with E-state index in [-0.39, 0.29) is 12.4 Å². The molecule has 0 aliphatic rings. The van der Waals surface area contributed by atoms with Crippen molar-refractivity contribution in [2.24, 2.45) is 10.7 Å². The maximum Gasteiger partial charge on any atom is 0.325 e. The minimum absolute atomic E-state index is 0.241. The third-order valence-electron chi connectivity index (χ3n) is 0.734. The van der Waals surface area contributed by atoms with E-state index in [0.717, 1.165) is 0 Å². The van der Waals surface area contributed by atoms with E-state index in [4.69, 9.17) is 10.8 Å². The first-order valence-electron chi connectivity index (χ1n) is 2.81. The molecule has 0 spiro atoms. The highest BCUT2D eigenvalue weighted by molar-refractivity contribution is 5.92. The van der Waals surface area contributed by atoms with Gasteiger partial charge in [0.2, 0.25) is 0 Å². The first-order valence-corrected chi connectivity index (χ1v) is 2.81. The molecule has 10 heavy (non-hydrogen) atoms. The Labute approximate surface area is 59.1 Å². The van der Waals surface area contributed by atoms with E-state index < -0.39 is 5.97 Å². The summed E-state index contributed by atoms with van der Waals surface area (Å²) in [5, 5.41) is 8.14. The Morgan fingerprint density at radius 1 is 1.80 bits per heavy atom. The van der Waals surface area contributed by atoms with Crippen molar-refractivity contribution in [2.75, 3.05) is 6.54 Å². The molecule has 0 saturated heterocycles. The Balaban J connectivity index is 3.80. The Morgan fingerprint density at radius 2 is 2.40 bits per heavy atom. The first kappa shape index (κ1) is 8.68. The number of hydrogen-bond acceptors (Lipinski definition) is 2. The van der Waals surface area contributed by atoms with Crippen molar-refractivity contribution < 1.29 is 9.90 Å². The van der Waals surface area contributed by atoms with Crippen LogP contribution in [0.2, 0.25) is 0 Å². The number of nitrogens with two attached hydrogens (primary N) is 1. The van der Waals surface area contributed by atoms with Gasteiger partial charge in [-0.15, -0.1) is 0 Å². The predicted molar refractivity (Wildman–Crippen MR) is 38.9 cm³/mol. The lowest BCUT2D eigenvalue weighted by Crippen LogP contribution is -2.11. The number of hydrogen-bond donors (Lipinski definition) is 2. The number of aliphatic carboxylic acids is 1. The second-order valence-electron chi connectivity index (χ2n) is 1.63. The first-order chi connectivity index (χ1) is 4.66. The van der Waals surface area contributed by atoms with Crippen LogP contribution >= 0.6 is 0 Å². The number of carbonyl (C=O) groups is 1. The van der Waals surface area contributed by atoms with Crippen LogP contribution in [0.25, 0.3) is 0 Å². The van der Waals surface area contributed by atoms with Gasteiger partial charge in [-0.1, -0.05) is 6.08 Å². The van der Waals surface area contributed by atoms with Gasteiger partial charge in [0.25, 0.3) is 0 Å². The van der Waals surface area contributed by atoms with Gasteiger partial charge in [-0.3, -0.25) is 9.79 Å². The second kappa shape index (κ2) is 4.55. The molecule has 0 heterocycles. The molecule has 0 radical (unpaired) electrons. The number of amidine groups is 1. The van der Waals surface area contributed by atoms with Crippen LogP contribution in [0.3, 0.4) is 0 Å². The summed E-state index contributed by atoms with van der Waals surface area (Å²) in [6.45, 7) is 1.51. The molecule has 0 fully saturated rings. The highest BCUT2D eigenvalue weighted by atomic mass is 16.4. The van der Waals surface area contributed by atoms with Gasteiger partial charge in [0.1, 0.15) is 12.4 Å². The maximum atomic E-state index is 9.92. The standard InChI is InChI=1S/C6H10N2O2/c1-2-3-5(7)8-4-6(9)10/h2-3H,4H2,1H3,(H2,7,8)(H,9,10)/b3-2+. The molecule has 0 amide bonds. The summed E-state index contributed by atoms with van der Waals surface area (Å²) in [5.74, 6) is -0.739. The van der Waals surface area contributed by atoms with E-state index in [0.29, 0.717) is 0 Å². The number of aliphatic imine (C=N–C) groups is 1. The molecule has 0 unspecified atom stereocenters. The van der Waals surface area contributed by atoms with Crippen molar-refractivity contribution in [3.05, 3.63) is 12.2 Å². The molecule has 4 nitrogen and oxygen atoms in total. The third-order valence-corrected chi connectivity index (χ3v) is 0.734. The Bertz CT molecular complexity index is 173. The van der Waals surface area contributed by atoms with Gasteiger partial charge in [0, 0.05) is 0 Å². The molecule has 0 aromatic rings. The second-order valence-corrected chi connectivity index (χ2v) is 1.63. The summed E-state index contributed by atoms with van der Waals surface area (Å²) < 4.78 is 0. The lowest BCUT2D eigenvalue weighted by Gasteiger charge is -1.88. The van der Waals surface area contributed by atoms with Crippen LogP contribution in [0.1, 0.15) is 6.92 Å². The zero-order chi connectivity index (χ0) is 7.98. The molecular formula is C6H10N2O2. The van der Waals surface area contributed by atoms with E-state index in [1.54, 1.807) is 19.1 Å². The van der Waals surface area contributed by atoms with Crippen molar-refractivity contribution in [1.82, 2.24) is 0 Å². The fraction of sp³-hybridized carbons (Fsp3) is 0.333. The van der Waals surface area contributed by atoms with Crippen molar-refractivity contribution >= 4 is 11.8 Å². The van der Waals surface area contributed by atoms with Crippen molar-refractivity contribution in [3.8, 4) is 0 Å². The molecule has 0 rings (SSSR count). The zero-order valence-corrected chi connectivity index (χ0v) is 5.74. The average molecular weight is 142 g/mol. The summed E-state index contributed by atoms with van der Waals surface area (Å²) in [4.78, 5) is 13.4. The summed E-state index contributed by atoms with van der Waals surface area (Å²) >= 11 is 0. The van der Waals surface area contributed by atoms with E-state index in [1.807, 2.05) is 0 Å². The van der Waals surface area contributed by atoms with Crippen LogP contribution in [0.15, 0.2) is 17.1 Å². The number of allylic oxidation sites excluding steroid dienone is 1. The Morgan fingerprint density at radius 3 is 2.80 bits per heavy atom. The smallest absolute Gasteiger partial charge is 0.325 e. The number of nitrogens with zero attached hydrogens (tertiary/aromatic N) is 1. The fourth-order valence-corrected chi connectivity index (χ4v) is 0.382. The minimum Gasteiger partial charge on any atom is -0.480 e. The highest BCUT2D eigenvalue weighted by Gasteiger charge is 1.91. The van der Waals surface area contributed by atoms with Crippen LogP contribution in [0, 0.1) is 0 Å². The van der Waals surface area contributed by atoms with E-state index in [9.17, 15) is 4.79 Å². The fourth-order valence-electron chi connectivity index (χ4n) is 0.382. The van der Waals surface area contributed by atoms with Crippen LogP contribution in [0.4, 0.5) is 0 Å². The van der Waals surface area contributed by atoms with Gasteiger partial charge >= 0.3 is 5.97 Å². The van der Waals surface area contributed by atoms with Crippen LogP contribution in [0.5, 0.6) is 0 Å². The van der Waals surface area contributed by atoms with E-state index in [2.05, 4.69) is 4.99 Å². The van der Waals surface area contributed by atoms with Crippen LogP contribution < -0.4 is 5.73 Å². The van der Waals surface area contributed by atoms with Crippen molar-refractivity contribution in [2.45, 2.75) is 6.92 Å². The van der Waals surface area contributed by atoms with Crippen molar-refractivity contribution in [3.63, 3.8) is 0 Å². The number of carboxylic acids is 1. The quantitative estimate of drug-likeness (QED) is 0.430. The zero-order valence-electron chi connectivity index (χ0n) is 5.74. The monoisotopic (exact) mass is 142 g/mol. The maximum absolute atomic E-state index is 9.92. The molecular weight excluding hydrogens is 132 g/mol. The van der Waals surface area contributed by atoms with Crippen LogP contribution in [-0.4, -0.2) is 23.5 Å². The molecule has 0 aromatic carbocycles. The van der Waals surface area contributed by atoms with E-state index in [1.165, 1.54) is 0 Å². The van der Waals surface area contributed by atoms with Crippen molar-refractivity contribution in [1.29, 1.82) is 0 Å². The highest BCUT2D eigenvalue weighted by Crippen LogP contribution is 1.75. The molecule has 0 bridgehead atoms. The number of rotatable bonds is 3. The number of carboxylic acid groups (broad SMARTS) is 1. The largest absolute Gasteiger partial charge is 0.480 e. The van der Waals surface area contributed by atoms with Gasteiger partial charge in [-0.2, -0.15) is 0 Å². The molecule has 0 aromatic heterocycles. The summed E-state index contributed by atoms with van der Waals surface area (Å²) in [7, 11) is 0. The molecule has 4 heteroatoms. The molecule has 0 atom stereocenters. The lowest BCUT2D eigenvalue weighted by molar-refractivity contribution is -0.135. The van der Waals surface area contributed by atoms with E-state index >= 15 is 0 Å². The van der Waals surface area contributed by atoms with Gasteiger partial charge in [-0.25, -0.2) is 0 Å². The predicted octanol–water partition coefficient (Wildman–Crippen LogP) is 0.00430. The summed E-state index contributed by atoms with van der Waals surface area (Å²) in [6, 6.07) is 0. The van der Waals surface area contributed by atoms with Gasteiger partial charge in [0.15, 0.2) is 0 Å². The molecule has 56 valence electrons. The van der Waals surface area contributed by atoms with Gasteiger partial charge in [-0.05, 0) is 13.0 Å². The van der Waals surface area contributed by atoms with Crippen LogP contribution in [-0.2, 0) is 4.79 Å². The van der Waals surface area contributed by atoms with Gasteiger partial charge < -0.3 is 10.8 Å². The molecule has 0 aliphatic heterocycles. The molecule has 3 N–H and O–H groups in total. The SMILES string of the molecule is C/C=C/C(N)=NCC(=O)O. The third kappa shape index (κ3) is 4.83.